The Kier molecular flexibility index (Phi) is 15.7. The number of halogens is 1. The van der Waals surface area contributed by atoms with E-state index in [9.17, 15) is 29.7 Å². The van der Waals surface area contributed by atoms with Crippen LogP contribution in [0.1, 0.15) is 55.2 Å². The number of anilines is 4. The SMILES string of the molecule is Cc1c(C(=O)O)c(-c2cccc(N3CCN(c4ccc(N5C=CO[P@]5(=O)c5ccc(NC(CCN6CCC(CO)CC6)CSc6ccccc6)c([N+](=O)[O-])c5)cc4)CC3)c2)c(-c2ccc(Cl)cc2)n1C(C)C. The number of carbonyl (C=O) groups is 1. The number of thioether (sulfide) groups is 1. The summed E-state index contributed by atoms with van der Waals surface area (Å²) in [6, 6.07) is 38.1. The van der Waals surface area contributed by atoms with Gasteiger partial charge in [-0.1, -0.05) is 54.1 Å². The summed E-state index contributed by atoms with van der Waals surface area (Å²) in [6.07, 6.45) is 5.66. The van der Waals surface area contributed by atoms with Gasteiger partial charge < -0.3 is 39.3 Å². The highest BCUT2D eigenvalue weighted by Crippen LogP contribution is 2.56. The van der Waals surface area contributed by atoms with Gasteiger partial charge in [-0.05, 0) is 143 Å². The lowest BCUT2D eigenvalue weighted by molar-refractivity contribution is -0.383. The molecule has 4 heterocycles. The largest absolute Gasteiger partial charge is 0.478 e. The van der Waals surface area contributed by atoms with E-state index in [-0.39, 0.29) is 35.2 Å². The lowest BCUT2D eigenvalue weighted by Crippen LogP contribution is -2.46. The monoisotopic (exact) mass is 1030 g/mol. The maximum atomic E-state index is 14.8. The molecule has 2 atom stereocenters. The zero-order chi connectivity index (χ0) is 50.5. The van der Waals surface area contributed by atoms with Crippen LogP contribution < -0.4 is 25.1 Å². The fourth-order valence-corrected chi connectivity index (χ4v) is 13.3. The number of nitrogens with zero attached hydrogens (tertiary/aromatic N) is 6. The number of carboxylic acid groups (broad SMARTS) is 1. The summed E-state index contributed by atoms with van der Waals surface area (Å²) in [5.41, 5.74) is 7.04. The first-order valence-corrected chi connectivity index (χ1v) is 27.5. The normalized spacial score (nSPS) is 17.9. The van der Waals surface area contributed by atoms with E-state index < -0.39 is 18.4 Å². The number of hydrogen-bond donors (Lipinski definition) is 3. The Bertz CT molecular complexity index is 2960. The number of hydrogen-bond acceptors (Lipinski definition) is 11. The molecule has 3 aliphatic heterocycles. The molecule has 72 heavy (non-hydrogen) atoms. The molecule has 0 bridgehead atoms. The average molecular weight is 1030 g/mol. The number of nitro benzene ring substituents is 1. The quantitative estimate of drug-likeness (QED) is 0.0324. The Morgan fingerprint density at radius 3 is 2.19 bits per heavy atom. The van der Waals surface area contributed by atoms with E-state index in [2.05, 4.69) is 62.7 Å². The first-order valence-electron chi connectivity index (χ1n) is 24.6. The molecule has 0 amide bonds. The molecule has 2 fully saturated rings. The third kappa shape index (κ3) is 10.9. The minimum Gasteiger partial charge on any atom is -0.478 e. The summed E-state index contributed by atoms with van der Waals surface area (Å²) in [6.45, 7) is 11.8. The topological polar surface area (TPSA) is 157 Å². The van der Waals surface area contributed by atoms with Crippen molar-refractivity contribution in [1.82, 2.24) is 9.47 Å². The van der Waals surface area contributed by atoms with Gasteiger partial charge in [0.05, 0.1) is 27.2 Å². The van der Waals surface area contributed by atoms with Crippen molar-refractivity contribution in [1.29, 1.82) is 0 Å². The molecule has 2 saturated heterocycles. The smallest absolute Gasteiger partial charge is 0.378 e. The second kappa shape index (κ2) is 22.3. The summed E-state index contributed by atoms with van der Waals surface area (Å²) < 4.78 is 24.3. The molecule has 0 spiro atoms. The summed E-state index contributed by atoms with van der Waals surface area (Å²) in [4.78, 5) is 33.3. The number of piperidine rings is 1. The second-order valence-electron chi connectivity index (χ2n) is 18.9. The Hall–Kier alpha value is -6.22. The maximum absolute atomic E-state index is 14.8. The molecule has 0 aliphatic carbocycles. The lowest BCUT2D eigenvalue weighted by Gasteiger charge is -2.37. The van der Waals surface area contributed by atoms with Gasteiger partial charge in [-0.15, -0.1) is 11.8 Å². The zero-order valence-electron chi connectivity index (χ0n) is 40.8. The predicted octanol–water partition coefficient (Wildman–Crippen LogP) is 11.8. The summed E-state index contributed by atoms with van der Waals surface area (Å²) in [5, 5.41) is 37.2. The number of likely N-dealkylation sites (tertiary alicyclic amines) is 1. The molecule has 376 valence electrons. The van der Waals surface area contributed by atoms with Crippen molar-refractivity contribution in [3.8, 4) is 22.4 Å². The fraction of sp³-hybridized carbons (Fsp3) is 0.327. The number of rotatable bonds is 18. The molecule has 0 radical (unpaired) electrons. The van der Waals surface area contributed by atoms with Crippen LogP contribution in [0.15, 0.2) is 139 Å². The molecular formula is C55H61ClN7O7PS. The number of carboxylic acids is 1. The van der Waals surface area contributed by atoms with Crippen LogP contribution in [-0.4, -0.2) is 94.8 Å². The standard InChI is InChI=1S/C55H61ClN7O7PS/c1-38(2)62-39(3)52(55(65)66)53(54(62)41-12-14-43(56)15-13-41)42-8-7-9-47(34-42)60-30-28-59(29-31-60)45-16-18-46(19-17-45)61-32-33-70-71(61,69)48-20-21-50(51(35-48)63(67)68)57-44(37-72-49-10-5-4-6-11-49)24-27-58-25-22-40(36-64)23-26-58/h4-21,32-35,38,40,44,57,64H,22-31,36-37H2,1-3H3,(H,65,66)/t44?,71-/m1/s1. The van der Waals surface area contributed by atoms with Gasteiger partial charge in [0.15, 0.2) is 0 Å². The Labute approximate surface area is 430 Å². The van der Waals surface area contributed by atoms with E-state index in [0.717, 1.165) is 98.2 Å². The predicted molar refractivity (Wildman–Crippen MR) is 292 cm³/mol. The molecule has 1 aromatic heterocycles. The van der Waals surface area contributed by atoms with Crippen LogP contribution in [0.2, 0.25) is 5.02 Å². The van der Waals surface area contributed by atoms with Crippen LogP contribution in [0.25, 0.3) is 22.4 Å². The minimum atomic E-state index is -3.82. The van der Waals surface area contributed by atoms with E-state index in [1.54, 1.807) is 34.8 Å². The number of aliphatic hydroxyl groups is 1. The molecule has 3 N–H and O–H groups in total. The molecule has 9 rings (SSSR count). The van der Waals surface area contributed by atoms with Crippen molar-refractivity contribution in [2.75, 3.05) is 78.0 Å². The number of nitrogens with one attached hydrogen (secondary N) is 1. The van der Waals surface area contributed by atoms with Gasteiger partial charge >= 0.3 is 13.5 Å². The van der Waals surface area contributed by atoms with Crippen LogP contribution in [0.4, 0.5) is 28.4 Å². The second-order valence-corrected chi connectivity index (χ2v) is 22.7. The molecule has 0 saturated carbocycles. The molecule has 5 aromatic carbocycles. The first-order chi connectivity index (χ1) is 34.8. The third-order valence-electron chi connectivity index (χ3n) is 14.1. The van der Waals surface area contributed by atoms with Crippen LogP contribution in [0, 0.1) is 23.0 Å². The lowest BCUT2D eigenvalue weighted by atomic mass is 9.96. The van der Waals surface area contributed by atoms with Gasteiger partial charge in [0, 0.05) is 102 Å². The number of aromatic nitrogens is 1. The van der Waals surface area contributed by atoms with Crippen LogP contribution in [0.5, 0.6) is 0 Å². The highest BCUT2D eigenvalue weighted by Gasteiger charge is 2.39. The molecule has 6 aromatic rings. The van der Waals surface area contributed by atoms with Crippen molar-refractivity contribution in [3.63, 3.8) is 0 Å². The Morgan fingerprint density at radius 1 is 0.861 bits per heavy atom. The number of aromatic carboxylic acids is 1. The van der Waals surface area contributed by atoms with E-state index >= 15 is 0 Å². The number of benzene rings is 5. The van der Waals surface area contributed by atoms with E-state index in [4.69, 9.17) is 16.1 Å². The molecular weight excluding hydrogens is 969 g/mol. The van der Waals surface area contributed by atoms with Crippen LogP contribution in [0.3, 0.4) is 0 Å². The Morgan fingerprint density at radius 2 is 1.54 bits per heavy atom. The van der Waals surface area contributed by atoms with Crippen LogP contribution in [-0.2, 0) is 9.09 Å². The van der Waals surface area contributed by atoms with Gasteiger partial charge in [0.2, 0.25) is 0 Å². The highest BCUT2D eigenvalue weighted by molar-refractivity contribution is 7.99. The van der Waals surface area contributed by atoms with Crippen molar-refractivity contribution in [3.05, 3.63) is 160 Å². The molecule has 17 heteroatoms. The first kappa shape index (κ1) is 50.7. The van der Waals surface area contributed by atoms with Crippen molar-refractivity contribution >= 4 is 70.6 Å². The zero-order valence-corrected chi connectivity index (χ0v) is 43.2. The molecule has 3 aliphatic rings. The number of piperazine rings is 1. The van der Waals surface area contributed by atoms with Gasteiger partial charge in [-0.2, -0.15) is 0 Å². The average Bonchev–Trinajstić information content (AvgIpc) is 3.95. The van der Waals surface area contributed by atoms with Crippen LogP contribution >= 0.6 is 30.9 Å². The molecule has 14 nitrogen and oxygen atoms in total. The fourth-order valence-electron chi connectivity index (χ4n) is 10.2. The highest BCUT2D eigenvalue weighted by atomic mass is 35.5. The van der Waals surface area contributed by atoms with Gasteiger partial charge in [0.1, 0.15) is 11.9 Å². The van der Waals surface area contributed by atoms with E-state index in [1.807, 2.05) is 85.8 Å². The summed E-state index contributed by atoms with van der Waals surface area (Å²) in [7, 11) is -3.82. The minimum absolute atomic E-state index is 0.0131. The number of aliphatic hydroxyl groups excluding tert-OH is 1. The van der Waals surface area contributed by atoms with Crippen molar-refractivity contribution < 1.29 is 29.0 Å². The van der Waals surface area contributed by atoms with Gasteiger partial charge in [0.25, 0.3) is 5.69 Å². The Balaban J connectivity index is 0.883. The summed E-state index contributed by atoms with van der Waals surface area (Å²) in [5.74, 6) is 0.0567. The van der Waals surface area contributed by atoms with Gasteiger partial charge in [-0.3, -0.25) is 14.8 Å². The van der Waals surface area contributed by atoms with Crippen molar-refractivity contribution in [2.45, 2.75) is 57.0 Å². The van der Waals surface area contributed by atoms with E-state index in [1.165, 1.54) is 12.3 Å². The van der Waals surface area contributed by atoms with E-state index in [0.29, 0.717) is 39.3 Å². The number of nitro groups is 1. The summed E-state index contributed by atoms with van der Waals surface area (Å²) >= 11 is 7.98. The van der Waals surface area contributed by atoms with Gasteiger partial charge in [-0.25, -0.2) is 9.36 Å². The third-order valence-corrected chi connectivity index (χ3v) is 17.8. The molecule has 1 unspecified atom stereocenters. The maximum Gasteiger partial charge on any atom is 0.378 e. The van der Waals surface area contributed by atoms with Crippen molar-refractivity contribution in [2.24, 2.45) is 5.92 Å².